The molecule has 4 rings (SSSR count). The van der Waals surface area contributed by atoms with Gasteiger partial charge in [-0.15, -0.1) is 11.3 Å². The molecule has 0 saturated heterocycles. The van der Waals surface area contributed by atoms with Crippen molar-refractivity contribution in [1.29, 1.82) is 0 Å². The van der Waals surface area contributed by atoms with E-state index in [9.17, 15) is 9.59 Å². The number of thiophene rings is 1. The number of carboxylic acid groups (broad SMARTS) is 1. The average Bonchev–Trinajstić information content (AvgIpc) is 3.10. The molecule has 0 aliphatic carbocycles. The summed E-state index contributed by atoms with van der Waals surface area (Å²) in [6.45, 7) is 1.56. The lowest BCUT2D eigenvalue weighted by atomic mass is 10.0. The predicted molar refractivity (Wildman–Crippen MR) is 124 cm³/mol. The Labute approximate surface area is 186 Å². The third-order valence-electron chi connectivity index (χ3n) is 4.56. The van der Waals surface area contributed by atoms with Gasteiger partial charge in [0.1, 0.15) is 10.6 Å². The molecule has 2 aromatic carbocycles. The van der Waals surface area contributed by atoms with Gasteiger partial charge in [-0.3, -0.25) is 4.79 Å². The standard InChI is InChI=1S/C23H17ClN2O4S/c1-13-19(15-5-3-2-4-6-15)20-22(29)25-21(26-23(20)31-13)17(24)11-14-7-9-16(10-8-14)30-12-18(27)28/h2-11H,12H2,1H3,(H,27,28)(H,25,26,29)/b17-11-. The number of halogens is 1. The summed E-state index contributed by atoms with van der Waals surface area (Å²) in [5, 5.41) is 9.51. The molecule has 0 radical (unpaired) electrons. The molecule has 2 N–H and O–H groups in total. The number of carboxylic acids is 1. The Morgan fingerprint density at radius 1 is 1.19 bits per heavy atom. The van der Waals surface area contributed by atoms with Gasteiger partial charge < -0.3 is 14.8 Å². The second kappa shape index (κ2) is 8.75. The number of hydrogen-bond acceptors (Lipinski definition) is 5. The van der Waals surface area contributed by atoms with Crippen molar-refractivity contribution < 1.29 is 14.6 Å². The fourth-order valence-electron chi connectivity index (χ4n) is 3.20. The van der Waals surface area contributed by atoms with Gasteiger partial charge in [0, 0.05) is 10.4 Å². The van der Waals surface area contributed by atoms with Gasteiger partial charge in [-0.25, -0.2) is 9.78 Å². The van der Waals surface area contributed by atoms with E-state index in [-0.39, 0.29) is 16.4 Å². The normalized spacial score (nSPS) is 11.6. The lowest BCUT2D eigenvalue weighted by Crippen LogP contribution is -2.10. The number of carbonyl (C=O) groups is 1. The summed E-state index contributed by atoms with van der Waals surface area (Å²) in [5.74, 6) is -0.325. The number of nitrogens with one attached hydrogen (secondary N) is 1. The van der Waals surface area contributed by atoms with Crippen LogP contribution >= 0.6 is 22.9 Å². The number of benzene rings is 2. The summed E-state index contributed by atoms with van der Waals surface area (Å²) in [7, 11) is 0. The Kier molecular flexibility index (Phi) is 5.88. The van der Waals surface area contributed by atoms with Crippen LogP contribution in [0.15, 0.2) is 59.4 Å². The first-order valence-electron chi connectivity index (χ1n) is 9.33. The molecule has 0 aliphatic heterocycles. The minimum atomic E-state index is -1.04. The van der Waals surface area contributed by atoms with E-state index in [0.717, 1.165) is 21.6 Å². The van der Waals surface area contributed by atoms with Gasteiger partial charge in [-0.2, -0.15) is 0 Å². The van der Waals surface area contributed by atoms with Crippen LogP contribution in [0.5, 0.6) is 5.75 Å². The fraction of sp³-hybridized carbons (Fsp3) is 0.0870. The lowest BCUT2D eigenvalue weighted by molar-refractivity contribution is -0.139. The summed E-state index contributed by atoms with van der Waals surface area (Å²) in [6, 6.07) is 16.5. The highest BCUT2D eigenvalue weighted by Gasteiger charge is 2.17. The molecule has 0 fully saturated rings. The number of nitrogens with zero attached hydrogens (tertiary/aromatic N) is 1. The smallest absolute Gasteiger partial charge is 0.341 e. The van der Waals surface area contributed by atoms with E-state index in [1.807, 2.05) is 37.3 Å². The van der Waals surface area contributed by atoms with Crippen LogP contribution in [0.25, 0.3) is 32.5 Å². The molecule has 2 heterocycles. The van der Waals surface area contributed by atoms with Crippen LogP contribution < -0.4 is 10.3 Å². The molecular weight excluding hydrogens is 436 g/mol. The Hall–Kier alpha value is -3.42. The van der Waals surface area contributed by atoms with Gasteiger partial charge in [-0.1, -0.05) is 54.1 Å². The monoisotopic (exact) mass is 452 g/mol. The van der Waals surface area contributed by atoms with Gasteiger partial charge in [-0.05, 0) is 36.3 Å². The van der Waals surface area contributed by atoms with Gasteiger partial charge in [0.25, 0.3) is 5.56 Å². The second-order valence-electron chi connectivity index (χ2n) is 6.74. The van der Waals surface area contributed by atoms with Crippen molar-refractivity contribution in [1.82, 2.24) is 9.97 Å². The van der Waals surface area contributed by atoms with E-state index in [2.05, 4.69) is 9.97 Å². The first-order chi connectivity index (χ1) is 14.9. The van der Waals surface area contributed by atoms with Gasteiger partial charge in [0.15, 0.2) is 12.4 Å². The van der Waals surface area contributed by atoms with Crippen LogP contribution in [-0.4, -0.2) is 27.7 Å². The predicted octanol–water partition coefficient (Wildman–Crippen LogP) is 5.16. The topological polar surface area (TPSA) is 92.3 Å². The number of ether oxygens (including phenoxy) is 1. The maximum atomic E-state index is 12.9. The van der Waals surface area contributed by atoms with Crippen molar-refractivity contribution in [3.63, 3.8) is 0 Å². The molecule has 0 atom stereocenters. The molecule has 8 heteroatoms. The van der Waals surface area contributed by atoms with E-state index in [1.54, 1.807) is 30.3 Å². The zero-order valence-corrected chi connectivity index (χ0v) is 18.0. The third-order valence-corrected chi connectivity index (χ3v) is 5.85. The highest BCUT2D eigenvalue weighted by molar-refractivity contribution is 7.19. The van der Waals surface area contributed by atoms with Crippen LogP contribution in [0, 0.1) is 6.92 Å². The molecule has 0 saturated carbocycles. The zero-order chi connectivity index (χ0) is 22.0. The average molecular weight is 453 g/mol. The summed E-state index contributed by atoms with van der Waals surface area (Å²) in [6.07, 6.45) is 1.67. The number of rotatable bonds is 6. The van der Waals surface area contributed by atoms with E-state index in [0.29, 0.717) is 16.0 Å². The Bertz CT molecular complexity index is 1340. The number of fused-ring (bicyclic) bond motifs is 1. The van der Waals surface area contributed by atoms with Crippen LogP contribution in [-0.2, 0) is 4.79 Å². The van der Waals surface area contributed by atoms with Crippen molar-refractivity contribution in [2.75, 3.05) is 6.61 Å². The first kappa shape index (κ1) is 20.8. The number of hydrogen-bond donors (Lipinski definition) is 2. The molecule has 6 nitrogen and oxygen atoms in total. The molecule has 0 aliphatic rings. The molecule has 0 bridgehead atoms. The minimum absolute atomic E-state index is 0.243. The van der Waals surface area contributed by atoms with E-state index >= 15 is 0 Å². The third kappa shape index (κ3) is 4.52. The molecule has 4 aromatic rings. The van der Waals surface area contributed by atoms with Crippen LogP contribution in [0.1, 0.15) is 16.3 Å². The maximum Gasteiger partial charge on any atom is 0.341 e. The van der Waals surface area contributed by atoms with Crippen LogP contribution in [0.2, 0.25) is 0 Å². The van der Waals surface area contributed by atoms with Gasteiger partial charge >= 0.3 is 5.97 Å². The number of aryl methyl sites for hydroxylation is 1. The van der Waals surface area contributed by atoms with Gasteiger partial charge in [0.05, 0.1) is 10.4 Å². The summed E-state index contributed by atoms with van der Waals surface area (Å²) in [5.41, 5.74) is 2.37. The minimum Gasteiger partial charge on any atom is -0.482 e. The highest BCUT2D eigenvalue weighted by Crippen LogP contribution is 2.36. The lowest BCUT2D eigenvalue weighted by Gasteiger charge is -2.04. The molecule has 156 valence electrons. The Morgan fingerprint density at radius 2 is 1.90 bits per heavy atom. The molecule has 0 amide bonds. The van der Waals surface area contributed by atoms with Crippen LogP contribution in [0.4, 0.5) is 0 Å². The largest absolute Gasteiger partial charge is 0.482 e. The quantitative estimate of drug-likeness (QED) is 0.421. The summed E-state index contributed by atoms with van der Waals surface area (Å²) in [4.78, 5) is 32.5. The van der Waals surface area contributed by atoms with Crippen LogP contribution in [0.3, 0.4) is 0 Å². The maximum absolute atomic E-state index is 12.9. The van der Waals surface area contributed by atoms with Gasteiger partial charge in [0.2, 0.25) is 0 Å². The number of aliphatic carboxylic acids is 1. The molecular formula is C23H17ClN2O4S. The number of aromatic amines is 1. The molecule has 2 aromatic heterocycles. The highest BCUT2D eigenvalue weighted by atomic mass is 35.5. The zero-order valence-electron chi connectivity index (χ0n) is 16.4. The SMILES string of the molecule is Cc1sc2nc(/C(Cl)=C/c3ccc(OCC(=O)O)cc3)[nH]c(=O)c2c1-c1ccccc1. The Balaban J connectivity index is 1.67. The molecule has 31 heavy (non-hydrogen) atoms. The Morgan fingerprint density at radius 3 is 2.58 bits per heavy atom. The van der Waals surface area contributed by atoms with E-state index in [4.69, 9.17) is 21.4 Å². The van der Waals surface area contributed by atoms with Crippen molar-refractivity contribution in [3.05, 3.63) is 81.2 Å². The van der Waals surface area contributed by atoms with Crippen molar-refractivity contribution in [2.24, 2.45) is 0 Å². The number of H-pyrrole nitrogens is 1. The molecule has 0 unspecified atom stereocenters. The van der Waals surface area contributed by atoms with E-state index < -0.39 is 12.6 Å². The van der Waals surface area contributed by atoms with Crippen molar-refractivity contribution in [2.45, 2.75) is 6.92 Å². The second-order valence-corrected chi connectivity index (χ2v) is 8.35. The first-order valence-corrected chi connectivity index (χ1v) is 10.5. The summed E-state index contributed by atoms with van der Waals surface area (Å²) < 4.78 is 5.11. The molecule has 0 spiro atoms. The van der Waals surface area contributed by atoms with E-state index in [1.165, 1.54) is 11.3 Å². The number of aromatic nitrogens is 2. The van der Waals surface area contributed by atoms with Crippen molar-refractivity contribution >= 4 is 50.2 Å². The summed E-state index contributed by atoms with van der Waals surface area (Å²) >= 11 is 7.90. The van der Waals surface area contributed by atoms with Crippen molar-refractivity contribution in [3.8, 4) is 16.9 Å². The fourth-order valence-corrected chi connectivity index (χ4v) is 4.47.